The van der Waals surface area contributed by atoms with Gasteiger partial charge in [-0.1, -0.05) is 18.2 Å². The minimum absolute atomic E-state index is 0.0707. The van der Waals surface area contributed by atoms with Gasteiger partial charge in [-0.2, -0.15) is 0 Å². The lowest BCUT2D eigenvalue weighted by atomic mass is 10.0. The molecule has 0 bridgehead atoms. The molecule has 3 N–H and O–H groups in total. The van der Waals surface area contributed by atoms with Crippen LogP contribution in [0, 0.1) is 0 Å². The Balaban J connectivity index is 2.95. The van der Waals surface area contributed by atoms with E-state index in [1.165, 1.54) is 0 Å². The zero-order valence-electron chi connectivity index (χ0n) is 7.60. The molecular weight excluding hydrogens is 184 g/mol. The van der Waals surface area contributed by atoms with E-state index in [0.717, 1.165) is 0 Å². The molecule has 0 radical (unpaired) electrons. The van der Waals surface area contributed by atoms with Crippen molar-refractivity contribution in [3.8, 4) is 0 Å². The molecule has 0 heterocycles. The van der Waals surface area contributed by atoms with Gasteiger partial charge in [0.25, 0.3) is 0 Å². The summed E-state index contributed by atoms with van der Waals surface area (Å²) in [5.41, 5.74) is 1.83. The molecule has 1 aromatic rings. The van der Waals surface area contributed by atoms with Crippen LogP contribution in [0.5, 0.6) is 0 Å². The van der Waals surface area contributed by atoms with E-state index >= 15 is 0 Å². The number of aliphatic hydroxyl groups excluding tert-OH is 2. The van der Waals surface area contributed by atoms with Crippen molar-refractivity contribution in [1.29, 1.82) is 0 Å². The van der Waals surface area contributed by atoms with Crippen molar-refractivity contribution in [3.05, 3.63) is 34.9 Å². The molecule has 0 atom stereocenters. The van der Waals surface area contributed by atoms with Crippen LogP contribution in [-0.2, 0) is 24.4 Å². The maximum absolute atomic E-state index is 10.4. The largest absolute Gasteiger partial charge is 0.481 e. The molecule has 0 saturated heterocycles. The number of rotatable bonds is 4. The Labute approximate surface area is 81.4 Å². The van der Waals surface area contributed by atoms with E-state index in [9.17, 15) is 4.79 Å². The molecule has 0 saturated carbocycles. The van der Waals surface area contributed by atoms with Gasteiger partial charge in [0.2, 0.25) is 0 Å². The van der Waals surface area contributed by atoms with Crippen molar-refractivity contribution < 1.29 is 20.1 Å². The van der Waals surface area contributed by atoms with Crippen molar-refractivity contribution in [2.75, 3.05) is 0 Å². The molecule has 4 nitrogen and oxygen atoms in total. The first-order valence-electron chi connectivity index (χ1n) is 4.21. The van der Waals surface area contributed by atoms with Crippen LogP contribution in [0.15, 0.2) is 18.2 Å². The van der Waals surface area contributed by atoms with E-state index < -0.39 is 5.97 Å². The molecule has 0 aromatic heterocycles. The van der Waals surface area contributed by atoms with E-state index in [1.807, 2.05) is 0 Å². The Kier molecular flexibility index (Phi) is 3.62. The zero-order valence-corrected chi connectivity index (χ0v) is 7.60. The summed E-state index contributed by atoms with van der Waals surface area (Å²) < 4.78 is 0. The van der Waals surface area contributed by atoms with Crippen molar-refractivity contribution in [3.63, 3.8) is 0 Å². The Morgan fingerprint density at radius 1 is 1.14 bits per heavy atom. The van der Waals surface area contributed by atoms with E-state index in [4.69, 9.17) is 15.3 Å². The number of carbonyl (C=O) groups is 1. The smallest absolute Gasteiger partial charge is 0.307 e. The molecule has 0 amide bonds. The third kappa shape index (κ3) is 2.55. The van der Waals surface area contributed by atoms with Gasteiger partial charge in [-0.3, -0.25) is 4.79 Å². The Hall–Kier alpha value is -1.39. The van der Waals surface area contributed by atoms with E-state index in [0.29, 0.717) is 16.7 Å². The van der Waals surface area contributed by atoms with Crippen LogP contribution in [0.4, 0.5) is 0 Å². The van der Waals surface area contributed by atoms with Crippen LogP contribution in [0.25, 0.3) is 0 Å². The average molecular weight is 196 g/mol. The molecule has 0 aliphatic carbocycles. The SMILES string of the molecule is O=C(O)Cc1ccc(CO)c(CO)c1. The molecule has 0 aliphatic heterocycles. The Morgan fingerprint density at radius 2 is 1.79 bits per heavy atom. The molecule has 76 valence electrons. The molecule has 14 heavy (non-hydrogen) atoms. The highest BCUT2D eigenvalue weighted by Crippen LogP contribution is 2.12. The number of hydrogen-bond acceptors (Lipinski definition) is 3. The normalized spacial score (nSPS) is 10.1. The van der Waals surface area contributed by atoms with E-state index in [-0.39, 0.29) is 19.6 Å². The van der Waals surface area contributed by atoms with Crippen molar-refractivity contribution in [1.82, 2.24) is 0 Å². The van der Waals surface area contributed by atoms with Gasteiger partial charge < -0.3 is 15.3 Å². The van der Waals surface area contributed by atoms with Gasteiger partial charge in [0, 0.05) is 0 Å². The molecule has 0 spiro atoms. The van der Waals surface area contributed by atoms with Crippen LogP contribution in [0.2, 0.25) is 0 Å². The molecule has 1 aromatic carbocycles. The van der Waals surface area contributed by atoms with Crippen LogP contribution >= 0.6 is 0 Å². The standard InChI is InChI=1S/C10H12O4/c11-5-8-2-1-7(4-10(13)14)3-9(8)6-12/h1-3,11-12H,4-6H2,(H,13,14). The number of aliphatic carboxylic acids is 1. The third-order valence-corrected chi connectivity index (χ3v) is 1.97. The van der Waals surface area contributed by atoms with Gasteiger partial charge in [0.1, 0.15) is 0 Å². The summed E-state index contributed by atoms with van der Waals surface area (Å²) in [5, 5.41) is 26.4. The second-order valence-corrected chi connectivity index (χ2v) is 2.99. The number of carboxylic acid groups (broad SMARTS) is 1. The summed E-state index contributed by atoms with van der Waals surface area (Å²) in [7, 11) is 0. The quantitative estimate of drug-likeness (QED) is 0.647. The van der Waals surface area contributed by atoms with E-state index in [1.54, 1.807) is 18.2 Å². The van der Waals surface area contributed by atoms with Gasteiger partial charge in [0.15, 0.2) is 0 Å². The third-order valence-electron chi connectivity index (χ3n) is 1.97. The minimum atomic E-state index is -0.911. The van der Waals surface area contributed by atoms with Crippen molar-refractivity contribution >= 4 is 5.97 Å². The molecule has 1 rings (SSSR count). The summed E-state index contributed by atoms with van der Waals surface area (Å²) in [4.78, 5) is 10.4. The van der Waals surface area contributed by atoms with Crippen molar-refractivity contribution in [2.24, 2.45) is 0 Å². The molecule has 0 fully saturated rings. The summed E-state index contributed by atoms with van der Waals surface area (Å²) in [5.74, 6) is -0.911. The maximum Gasteiger partial charge on any atom is 0.307 e. The highest BCUT2D eigenvalue weighted by molar-refractivity contribution is 5.70. The molecule has 0 unspecified atom stereocenters. The van der Waals surface area contributed by atoms with Gasteiger partial charge >= 0.3 is 5.97 Å². The zero-order chi connectivity index (χ0) is 10.6. The lowest BCUT2D eigenvalue weighted by Crippen LogP contribution is -2.02. The van der Waals surface area contributed by atoms with Gasteiger partial charge in [-0.15, -0.1) is 0 Å². The maximum atomic E-state index is 10.4. The highest BCUT2D eigenvalue weighted by atomic mass is 16.4. The van der Waals surface area contributed by atoms with Crippen LogP contribution in [0.3, 0.4) is 0 Å². The lowest BCUT2D eigenvalue weighted by molar-refractivity contribution is -0.136. The molecule has 0 aliphatic rings. The molecular formula is C10H12O4. The highest BCUT2D eigenvalue weighted by Gasteiger charge is 2.05. The summed E-state index contributed by atoms with van der Waals surface area (Å²) in [6, 6.07) is 4.86. The van der Waals surface area contributed by atoms with Gasteiger partial charge in [-0.25, -0.2) is 0 Å². The molecule has 4 heteroatoms. The second-order valence-electron chi connectivity index (χ2n) is 2.99. The van der Waals surface area contributed by atoms with Crippen LogP contribution in [0.1, 0.15) is 16.7 Å². The van der Waals surface area contributed by atoms with Gasteiger partial charge in [0.05, 0.1) is 19.6 Å². The fourth-order valence-corrected chi connectivity index (χ4v) is 1.27. The number of carboxylic acids is 1. The topological polar surface area (TPSA) is 77.8 Å². The van der Waals surface area contributed by atoms with Crippen LogP contribution < -0.4 is 0 Å². The average Bonchev–Trinajstić information content (AvgIpc) is 2.16. The van der Waals surface area contributed by atoms with Crippen LogP contribution in [-0.4, -0.2) is 21.3 Å². The first kappa shape index (κ1) is 10.7. The second kappa shape index (κ2) is 4.74. The minimum Gasteiger partial charge on any atom is -0.481 e. The number of benzene rings is 1. The lowest BCUT2D eigenvalue weighted by Gasteiger charge is -2.06. The summed E-state index contributed by atoms with van der Waals surface area (Å²) >= 11 is 0. The predicted octanol–water partition coefficient (Wildman–Crippen LogP) is 0.298. The summed E-state index contributed by atoms with van der Waals surface area (Å²) in [6.07, 6.45) is -0.0707. The summed E-state index contributed by atoms with van der Waals surface area (Å²) in [6.45, 7) is -0.341. The fourth-order valence-electron chi connectivity index (χ4n) is 1.27. The monoisotopic (exact) mass is 196 g/mol. The fraction of sp³-hybridized carbons (Fsp3) is 0.300. The Morgan fingerprint density at radius 3 is 2.29 bits per heavy atom. The van der Waals surface area contributed by atoms with Gasteiger partial charge in [-0.05, 0) is 16.7 Å². The first-order chi connectivity index (χ1) is 6.67. The predicted molar refractivity (Wildman–Crippen MR) is 49.6 cm³/mol. The number of aliphatic hydroxyl groups is 2. The number of hydrogen-bond donors (Lipinski definition) is 3. The first-order valence-corrected chi connectivity index (χ1v) is 4.21. The van der Waals surface area contributed by atoms with Crippen molar-refractivity contribution in [2.45, 2.75) is 19.6 Å². The Bertz CT molecular complexity index is 333. The van der Waals surface area contributed by atoms with E-state index in [2.05, 4.69) is 0 Å².